The molecule has 2 heterocycles. The first-order chi connectivity index (χ1) is 6.07. The van der Waals surface area contributed by atoms with Crippen molar-refractivity contribution in [3.05, 3.63) is 24.4 Å². The topological polar surface area (TPSA) is 43.1 Å². The summed E-state index contributed by atoms with van der Waals surface area (Å²) in [5.74, 6) is 0.848. The van der Waals surface area contributed by atoms with Crippen LogP contribution in [0.5, 0.6) is 0 Å². The summed E-state index contributed by atoms with van der Waals surface area (Å²) in [6.07, 6.45) is 3.42. The predicted octanol–water partition coefficient (Wildman–Crippen LogP) is 1.42. The lowest BCUT2D eigenvalue weighted by Gasteiger charge is -2.15. The Morgan fingerprint density at radius 1 is 1.31 bits per heavy atom. The van der Waals surface area contributed by atoms with Gasteiger partial charge < -0.3 is 0 Å². The first-order valence-corrected chi connectivity index (χ1v) is 4.24. The molecule has 0 radical (unpaired) electrons. The Balaban J connectivity index is 2.61. The summed E-state index contributed by atoms with van der Waals surface area (Å²) in [7, 11) is 0. The third kappa shape index (κ3) is 1.39. The Morgan fingerprint density at radius 3 is 2.77 bits per heavy atom. The second-order valence-corrected chi connectivity index (χ2v) is 4.06. The second kappa shape index (κ2) is 2.52. The van der Waals surface area contributed by atoms with Crippen molar-refractivity contribution in [3.63, 3.8) is 0 Å². The van der Waals surface area contributed by atoms with Crippen LogP contribution in [0.2, 0.25) is 0 Å². The molecule has 2 aromatic heterocycles. The largest absolute Gasteiger partial charge is 0.221 e. The molecule has 0 aromatic carbocycles. The fraction of sp³-hybridized carbons (Fsp3) is 0.444. The molecule has 0 saturated carbocycles. The third-order valence-corrected chi connectivity index (χ3v) is 1.83. The molecule has 0 amide bonds. The first-order valence-electron chi connectivity index (χ1n) is 4.24. The van der Waals surface area contributed by atoms with Crippen molar-refractivity contribution in [2.75, 3.05) is 0 Å². The van der Waals surface area contributed by atoms with Gasteiger partial charge in [0.25, 0.3) is 0 Å². The summed E-state index contributed by atoms with van der Waals surface area (Å²) in [5.41, 5.74) is 0.839. The van der Waals surface area contributed by atoms with Crippen molar-refractivity contribution in [2.24, 2.45) is 0 Å². The highest BCUT2D eigenvalue weighted by atomic mass is 15.3. The van der Waals surface area contributed by atoms with E-state index in [0.29, 0.717) is 0 Å². The maximum atomic E-state index is 4.40. The SMILES string of the molecule is CC(C)(C)c1ncn2nccc2n1. The zero-order chi connectivity index (χ0) is 9.47. The van der Waals surface area contributed by atoms with Crippen LogP contribution in [0, 0.1) is 0 Å². The van der Waals surface area contributed by atoms with E-state index in [9.17, 15) is 0 Å². The van der Waals surface area contributed by atoms with Gasteiger partial charge in [0, 0.05) is 11.5 Å². The second-order valence-electron chi connectivity index (χ2n) is 4.06. The Bertz CT molecular complexity index is 424. The zero-order valence-electron chi connectivity index (χ0n) is 8.02. The van der Waals surface area contributed by atoms with Crippen LogP contribution in [0.3, 0.4) is 0 Å². The van der Waals surface area contributed by atoms with Crippen LogP contribution in [0.4, 0.5) is 0 Å². The van der Waals surface area contributed by atoms with E-state index in [2.05, 4.69) is 35.8 Å². The van der Waals surface area contributed by atoms with Gasteiger partial charge in [-0.1, -0.05) is 20.8 Å². The molecule has 2 aromatic rings. The normalized spacial score (nSPS) is 12.2. The van der Waals surface area contributed by atoms with Crippen LogP contribution in [0.15, 0.2) is 18.6 Å². The molecule has 0 aliphatic heterocycles. The van der Waals surface area contributed by atoms with E-state index in [4.69, 9.17) is 0 Å². The van der Waals surface area contributed by atoms with Crippen LogP contribution >= 0.6 is 0 Å². The minimum Gasteiger partial charge on any atom is -0.221 e. The number of fused-ring (bicyclic) bond motifs is 1. The van der Waals surface area contributed by atoms with Gasteiger partial charge in [-0.2, -0.15) is 5.10 Å². The van der Waals surface area contributed by atoms with Crippen molar-refractivity contribution in [1.82, 2.24) is 19.6 Å². The van der Waals surface area contributed by atoms with Gasteiger partial charge in [0.1, 0.15) is 12.2 Å². The van der Waals surface area contributed by atoms with Crippen LogP contribution in [0.1, 0.15) is 26.6 Å². The van der Waals surface area contributed by atoms with Gasteiger partial charge in [-0.3, -0.25) is 0 Å². The number of hydrogen-bond acceptors (Lipinski definition) is 3. The fourth-order valence-corrected chi connectivity index (χ4v) is 1.09. The van der Waals surface area contributed by atoms with Crippen LogP contribution in [-0.2, 0) is 5.41 Å². The number of hydrogen-bond donors (Lipinski definition) is 0. The minimum atomic E-state index is -0.00792. The molecule has 0 bridgehead atoms. The van der Waals surface area contributed by atoms with Crippen molar-refractivity contribution in [1.29, 1.82) is 0 Å². The minimum absolute atomic E-state index is 0.00792. The lowest BCUT2D eigenvalue weighted by atomic mass is 9.96. The van der Waals surface area contributed by atoms with Crippen molar-refractivity contribution >= 4 is 5.65 Å². The van der Waals surface area contributed by atoms with Gasteiger partial charge in [0.15, 0.2) is 5.65 Å². The first kappa shape index (κ1) is 8.16. The standard InChI is InChI=1S/C9H12N4/c1-9(2,3)8-10-6-13-7(12-8)4-5-11-13/h4-6H,1-3H3. The summed E-state index contributed by atoms with van der Waals surface area (Å²) >= 11 is 0. The highest BCUT2D eigenvalue weighted by molar-refractivity contribution is 5.35. The van der Waals surface area contributed by atoms with Crippen molar-refractivity contribution in [2.45, 2.75) is 26.2 Å². The summed E-state index contributed by atoms with van der Waals surface area (Å²) < 4.78 is 1.66. The molecule has 0 spiro atoms. The lowest BCUT2D eigenvalue weighted by Crippen LogP contribution is -2.16. The average molecular weight is 176 g/mol. The summed E-state index contributed by atoms with van der Waals surface area (Å²) in [4.78, 5) is 8.64. The maximum absolute atomic E-state index is 4.40. The Kier molecular flexibility index (Phi) is 1.58. The van der Waals surface area contributed by atoms with E-state index in [1.165, 1.54) is 0 Å². The van der Waals surface area contributed by atoms with Gasteiger partial charge in [-0.15, -0.1) is 0 Å². The van der Waals surface area contributed by atoms with E-state index in [1.54, 1.807) is 17.0 Å². The molecule has 13 heavy (non-hydrogen) atoms. The van der Waals surface area contributed by atoms with E-state index >= 15 is 0 Å². The monoisotopic (exact) mass is 176 g/mol. The highest BCUT2D eigenvalue weighted by Crippen LogP contribution is 2.17. The van der Waals surface area contributed by atoms with Crippen LogP contribution in [-0.4, -0.2) is 19.6 Å². The number of rotatable bonds is 0. The number of aromatic nitrogens is 4. The molecule has 0 aliphatic carbocycles. The van der Waals surface area contributed by atoms with E-state index < -0.39 is 0 Å². The molecule has 0 atom stereocenters. The van der Waals surface area contributed by atoms with E-state index in [0.717, 1.165) is 11.5 Å². The molecule has 4 nitrogen and oxygen atoms in total. The smallest absolute Gasteiger partial charge is 0.158 e. The molecule has 0 N–H and O–H groups in total. The molecule has 4 heteroatoms. The van der Waals surface area contributed by atoms with Gasteiger partial charge >= 0.3 is 0 Å². The average Bonchev–Trinajstić information content (AvgIpc) is 2.47. The Hall–Kier alpha value is -1.45. The molecular weight excluding hydrogens is 164 g/mol. The molecule has 68 valence electrons. The fourth-order valence-electron chi connectivity index (χ4n) is 1.09. The lowest BCUT2D eigenvalue weighted by molar-refractivity contribution is 0.542. The van der Waals surface area contributed by atoms with E-state index in [-0.39, 0.29) is 5.41 Å². The van der Waals surface area contributed by atoms with Crippen molar-refractivity contribution in [3.8, 4) is 0 Å². The van der Waals surface area contributed by atoms with Crippen molar-refractivity contribution < 1.29 is 0 Å². The quantitative estimate of drug-likeness (QED) is 0.609. The van der Waals surface area contributed by atoms with Gasteiger partial charge in [-0.25, -0.2) is 14.5 Å². The molecule has 0 aliphatic rings. The molecule has 0 saturated heterocycles. The van der Waals surface area contributed by atoms with Crippen LogP contribution < -0.4 is 0 Å². The summed E-state index contributed by atoms with van der Waals surface area (Å²) in [6.45, 7) is 6.28. The highest BCUT2D eigenvalue weighted by Gasteiger charge is 2.17. The molecule has 0 unspecified atom stereocenters. The van der Waals surface area contributed by atoms with E-state index in [1.807, 2.05) is 6.07 Å². The predicted molar refractivity (Wildman–Crippen MR) is 49.5 cm³/mol. The van der Waals surface area contributed by atoms with Gasteiger partial charge in [0.05, 0.1) is 6.20 Å². The van der Waals surface area contributed by atoms with Gasteiger partial charge in [0.2, 0.25) is 0 Å². The molecule has 2 rings (SSSR count). The Labute approximate surface area is 76.6 Å². The maximum Gasteiger partial charge on any atom is 0.158 e. The Morgan fingerprint density at radius 2 is 2.08 bits per heavy atom. The summed E-state index contributed by atoms with van der Waals surface area (Å²) in [5, 5.41) is 4.03. The zero-order valence-corrected chi connectivity index (χ0v) is 8.02. The van der Waals surface area contributed by atoms with Crippen LogP contribution in [0.25, 0.3) is 5.65 Å². The molecular formula is C9H12N4. The molecule has 0 fully saturated rings. The van der Waals surface area contributed by atoms with Gasteiger partial charge in [-0.05, 0) is 0 Å². The number of nitrogens with zero attached hydrogens (tertiary/aromatic N) is 4. The third-order valence-electron chi connectivity index (χ3n) is 1.83. The summed E-state index contributed by atoms with van der Waals surface area (Å²) in [6, 6.07) is 1.87.